The molecule has 1 saturated heterocycles. The SMILES string of the molecule is N#Cc1ccc(Cc2ccccc2O[C@@H]2O[C@H](COCc3ccccc3)[C@@H](OCc3ccccc3)[C@H](OCc3ccccc3)[C@H]2OCc2ccccc2)cc1. The first kappa shape index (κ1) is 37.7. The molecule has 0 unspecified atom stereocenters. The molecule has 278 valence electrons. The largest absolute Gasteiger partial charge is 0.462 e. The Morgan fingerprint density at radius 3 is 1.49 bits per heavy atom. The number of benzene rings is 6. The van der Waals surface area contributed by atoms with Crippen LogP contribution in [-0.4, -0.2) is 37.3 Å². The van der Waals surface area contributed by atoms with Gasteiger partial charge in [0.15, 0.2) is 0 Å². The lowest BCUT2D eigenvalue weighted by molar-refractivity contribution is -0.310. The fourth-order valence-electron chi connectivity index (χ4n) is 6.65. The predicted octanol–water partition coefficient (Wildman–Crippen LogP) is 9.23. The van der Waals surface area contributed by atoms with E-state index in [4.69, 9.17) is 28.4 Å². The second kappa shape index (κ2) is 19.7. The predicted molar refractivity (Wildman–Crippen MR) is 211 cm³/mol. The molecule has 0 bridgehead atoms. The van der Waals surface area contributed by atoms with E-state index in [0.717, 1.165) is 33.4 Å². The van der Waals surface area contributed by atoms with Crippen molar-refractivity contribution in [3.63, 3.8) is 0 Å². The van der Waals surface area contributed by atoms with Crippen molar-refractivity contribution in [2.45, 2.75) is 63.6 Å². The minimum Gasteiger partial charge on any atom is -0.462 e. The maximum absolute atomic E-state index is 9.33. The number of rotatable bonds is 17. The first-order valence-electron chi connectivity index (χ1n) is 18.7. The summed E-state index contributed by atoms with van der Waals surface area (Å²) in [6.45, 7) is 1.64. The molecule has 0 aromatic heterocycles. The molecule has 1 heterocycles. The molecule has 0 N–H and O–H groups in total. The zero-order chi connectivity index (χ0) is 37.5. The second-order valence-electron chi connectivity index (χ2n) is 13.5. The second-order valence-corrected chi connectivity index (χ2v) is 13.5. The van der Waals surface area contributed by atoms with Crippen LogP contribution in [0.25, 0.3) is 0 Å². The first-order valence-corrected chi connectivity index (χ1v) is 18.7. The molecular formula is C48H45NO6. The number of hydrogen-bond acceptors (Lipinski definition) is 7. The van der Waals surface area contributed by atoms with Crippen molar-refractivity contribution >= 4 is 0 Å². The Labute approximate surface area is 323 Å². The molecule has 55 heavy (non-hydrogen) atoms. The summed E-state index contributed by atoms with van der Waals surface area (Å²) in [5, 5.41) is 9.33. The van der Waals surface area contributed by atoms with Gasteiger partial charge in [0.05, 0.1) is 44.7 Å². The molecule has 0 radical (unpaired) electrons. The van der Waals surface area contributed by atoms with E-state index in [9.17, 15) is 5.26 Å². The van der Waals surface area contributed by atoms with Crippen LogP contribution in [0.3, 0.4) is 0 Å². The molecule has 0 saturated carbocycles. The zero-order valence-corrected chi connectivity index (χ0v) is 30.7. The highest BCUT2D eigenvalue weighted by Crippen LogP contribution is 2.34. The highest BCUT2D eigenvalue weighted by Gasteiger charge is 2.50. The third-order valence-electron chi connectivity index (χ3n) is 9.53. The van der Waals surface area contributed by atoms with Crippen LogP contribution in [0.1, 0.15) is 38.9 Å². The Hall–Kier alpha value is -5.59. The van der Waals surface area contributed by atoms with Crippen LogP contribution in [0.15, 0.2) is 170 Å². The molecular weight excluding hydrogens is 687 g/mol. The third-order valence-corrected chi connectivity index (χ3v) is 9.53. The third kappa shape index (κ3) is 10.8. The van der Waals surface area contributed by atoms with Crippen molar-refractivity contribution in [3.05, 3.63) is 209 Å². The molecule has 1 aliphatic rings. The summed E-state index contributed by atoms with van der Waals surface area (Å²) in [5.74, 6) is 0.666. The van der Waals surface area contributed by atoms with E-state index < -0.39 is 30.7 Å². The van der Waals surface area contributed by atoms with Crippen molar-refractivity contribution in [1.29, 1.82) is 5.26 Å². The van der Waals surface area contributed by atoms with Gasteiger partial charge in [0.2, 0.25) is 6.29 Å². The summed E-state index contributed by atoms with van der Waals surface area (Å²) in [6, 6.07) is 58.1. The van der Waals surface area contributed by atoms with E-state index in [1.165, 1.54) is 0 Å². The first-order chi connectivity index (χ1) is 27.2. The number of nitrogens with zero attached hydrogens (tertiary/aromatic N) is 1. The van der Waals surface area contributed by atoms with Gasteiger partial charge in [-0.1, -0.05) is 152 Å². The topological polar surface area (TPSA) is 79.2 Å². The van der Waals surface area contributed by atoms with Crippen LogP contribution in [0.2, 0.25) is 0 Å². The summed E-state index contributed by atoms with van der Waals surface area (Å²) in [7, 11) is 0. The van der Waals surface area contributed by atoms with Crippen molar-refractivity contribution in [2.75, 3.05) is 6.61 Å². The van der Waals surface area contributed by atoms with E-state index in [2.05, 4.69) is 6.07 Å². The zero-order valence-electron chi connectivity index (χ0n) is 30.7. The standard InChI is InChI=1S/C48H45NO6/c49-30-37-27-25-36(26-28-37)29-42-23-13-14-24-43(42)54-48-47(53-34-41-21-11-4-12-22-41)46(52-33-40-19-9-3-10-20-40)45(51-32-39-17-7-2-8-18-39)44(55-48)35-50-31-38-15-5-1-6-16-38/h1-28,44-48H,29,31-35H2/t44-,45-,46+,47-,48-/m1/s1. The van der Waals surface area contributed by atoms with E-state index in [0.29, 0.717) is 44.2 Å². The molecule has 7 heteroatoms. The molecule has 1 aliphatic heterocycles. The Balaban J connectivity index is 1.23. The van der Waals surface area contributed by atoms with E-state index >= 15 is 0 Å². The van der Waals surface area contributed by atoms with Gasteiger partial charge < -0.3 is 28.4 Å². The van der Waals surface area contributed by atoms with Gasteiger partial charge in [0.25, 0.3) is 0 Å². The average molecular weight is 732 g/mol. The van der Waals surface area contributed by atoms with E-state index in [1.54, 1.807) is 0 Å². The number of nitriles is 1. The maximum atomic E-state index is 9.33. The van der Waals surface area contributed by atoms with Crippen LogP contribution in [-0.2, 0) is 56.5 Å². The smallest absolute Gasteiger partial charge is 0.229 e. The maximum Gasteiger partial charge on any atom is 0.229 e. The van der Waals surface area contributed by atoms with Gasteiger partial charge in [-0.2, -0.15) is 5.26 Å². The highest BCUT2D eigenvalue weighted by molar-refractivity contribution is 5.40. The van der Waals surface area contributed by atoms with Crippen LogP contribution in [0, 0.1) is 11.3 Å². The van der Waals surface area contributed by atoms with Crippen molar-refractivity contribution in [3.8, 4) is 11.8 Å². The number of hydrogen-bond donors (Lipinski definition) is 0. The Morgan fingerprint density at radius 2 is 0.945 bits per heavy atom. The van der Waals surface area contributed by atoms with Gasteiger partial charge in [0.1, 0.15) is 30.2 Å². The van der Waals surface area contributed by atoms with Crippen LogP contribution < -0.4 is 4.74 Å². The van der Waals surface area contributed by atoms with Gasteiger partial charge in [-0.3, -0.25) is 0 Å². The molecule has 6 aromatic rings. The number of para-hydroxylation sites is 1. The molecule has 0 spiro atoms. The lowest BCUT2D eigenvalue weighted by Gasteiger charge is -2.46. The summed E-state index contributed by atoms with van der Waals surface area (Å²) in [4.78, 5) is 0. The fraction of sp³-hybridized carbons (Fsp3) is 0.229. The van der Waals surface area contributed by atoms with Crippen LogP contribution in [0.4, 0.5) is 0 Å². The normalized spacial score (nSPS) is 19.4. The summed E-state index contributed by atoms with van der Waals surface area (Å²) >= 11 is 0. The molecule has 6 aromatic carbocycles. The monoisotopic (exact) mass is 731 g/mol. The Morgan fingerprint density at radius 1 is 0.473 bits per heavy atom. The van der Waals surface area contributed by atoms with Crippen molar-refractivity contribution in [2.24, 2.45) is 0 Å². The van der Waals surface area contributed by atoms with E-state index in [1.807, 2.05) is 170 Å². The number of ether oxygens (including phenoxy) is 6. The van der Waals surface area contributed by atoms with Gasteiger partial charge in [0, 0.05) is 6.42 Å². The Bertz CT molecular complexity index is 2060. The Kier molecular flexibility index (Phi) is 13.5. The summed E-state index contributed by atoms with van der Waals surface area (Å²) < 4.78 is 40.7. The molecule has 0 amide bonds. The quantitative estimate of drug-likeness (QED) is 0.0926. The van der Waals surface area contributed by atoms with Crippen molar-refractivity contribution in [1.82, 2.24) is 0 Å². The fourth-order valence-corrected chi connectivity index (χ4v) is 6.65. The van der Waals surface area contributed by atoms with Crippen molar-refractivity contribution < 1.29 is 28.4 Å². The minimum absolute atomic E-state index is 0.234. The molecule has 7 rings (SSSR count). The van der Waals surface area contributed by atoms with Gasteiger partial charge in [-0.15, -0.1) is 0 Å². The van der Waals surface area contributed by atoms with Crippen LogP contribution in [0.5, 0.6) is 5.75 Å². The van der Waals surface area contributed by atoms with Crippen LogP contribution >= 0.6 is 0 Å². The van der Waals surface area contributed by atoms with Gasteiger partial charge in [-0.25, -0.2) is 0 Å². The highest BCUT2D eigenvalue weighted by atomic mass is 16.7. The van der Waals surface area contributed by atoms with Gasteiger partial charge in [-0.05, 0) is 51.6 Å². The molecule has 7 nitrogen and oxygen atoms in total. The minimum atomic E-state index is -0.881. The summed E-state index contributed by atoms with van der Waals surface area (Å²) in [6.07, 6.45) is -2.73. The lowest BCUT2D eigenvalue weighted by atomic mass is 9.97. The average Bonchev–Trinajstić information content (AvgIpc) is 3.24. The summed E-state index contributed by atoms with van der Waals surface area (Å²) in [5.41, 5.74) is 6.78. The lowest BCUT2D eigenvalue weighted by Crippen LogP contribution is -2.62. The molecule has 5 atom stereocenters. The van der Waals surface area contributed by atoms with Gasteiger partial charge >= 0.3 is 0 Å². The van der Waals surface area contributed by atoms with E-state index in [-0.39, 0.29) is 6.61 Å². The molecule has 0 aliphatic carbocycles. The molecule has 1 fully saturated rings.